The first-order valence-corrected chi connectivity index (χ1v) is 7.63. The van der Waals surface area contributed by atoms with Gasteiger partial charge in [-0.3, -0.25) is 0 Å². The highest BCUT2D eigenvalue weighted by atomic mass is 16.5. The largest absolute Gasteiger partial charge is 0.383 e. The molecule has 0 saturated heterocycles. The molecule has 0 aromatic carbocycles. The summed E-state index contributed by atoms with van der Waals surface area (Å²) in [5.74, 6) is 0.614. The van der Waals surface area contributed by atoms with Gasteiger partial charge in [0.15, 0.2) is 0 Å². The summed E-state index contributed by atoms with van der Waals surface area (Å²) in [7, 11) is 1.83. The van der Waals surface area contributed by atoms with Crippen molar-refractivity contribution in [2.45, 2.75) is 57.6 Å². The molecule has 2 rings (SSSR count). The molecular weight excluding hydrogens is 250 g/mol. The molecule has 1 saturated carbocycles. The summed E-state index contributed by atoms with van der Waals surface area (Å²) >= 11 is 0. The van der Waals surface area contributed by atoms with E-state index in [1.54, 1.807) is 0 Å². The second kappa shape index (κ2) is 6.55. The molecule has 4 nitrogen and oxygen atoms in total. The number of rotatable bonds is 5. The number of hydrogen-bond acceptors (Lipinski definition) is 4. The number of nitrogens with zero attached hydrogens (tertiary/aromatic N) is 1. The molecule has 1 aromatic heterocycles. The van der Waals surface area contributed by atoms with E-state index < -0.39 is 0 Å². The summed E-state index contributed by atoms with van der Waals surface area (Å²) in [6.07, 6.45) is 7.71. The first-order valence-electron chi connectivity index (χ1n) is 7.63. The van der Waals surface area contributed by atoms with Crippen LogP contribution in [-0.4, -0.2) is 24.2 Å². The maximum Gasteiger partial charge on any atom is 0.128 e. The normalized spacial score (nSPS) is 19.8. The third-order valence-electron chi connectivity index (χ3n) is 4.44. The van der Waals surface area contributed by atoms with Gasteiger partial charge in [0.05, 0.1) is 11.6 Å². The second-order valence-electron chi connectivity index (χ2n) is 5.81. The van der Waals surface area contributed by atoms with Crippen LogP contribution in [0.1, 0.15) is 56.2 Å². The predicted octanol–water partition coefficient (Wildman–Crippen LogP) is 2.97. The fraction of sp³-hybridized carbons (Fsp3) is 0.688. The summed E-state index contributed by atoms with van der Waals surface area (Å²) < 4.78 is 6.00. The van der Waals surface area contributed by atoms with Gasteiger partial charge in [-0.05, 0) is 37.9 Å². The van der Waals surface area contributed by atoms with E-state index in [1.165, 1.54) is 19.3 Å². The van der Waals surface area contributed by atoms with Crippen molar-refractivity contribution in [1.29, 1.82) is 0 Å². The minimum absolute atomic E-state index is 0.116. The minimum Gasteiger partial charge on any atom is -0.383 e. The van der Waals surface area contributed by atoms with Crippen molar-refractivity contribution in [2.75, 3.05) is 19.4 Å². The lowest BCUT2D eigenvalue weighted by Gasteiger charge is -2.43. The number of nitrogens with two attached hydrogens (primary N) is 1. The van der Waals surface area contributed by atoms with Gasteiger partial charge >= 0.3 is 0 Å². The predicted molar refractivity (Wildman–Crippen MR) is 82.6 cm³/mol. The van der Waals surface area contributed by atoms with Crippen LogP contribution < -0.4 is 11.1 Å². The Hall–Kier alpha value is -1.13. The number of hydrogen-bond donors (Lipinski definition) is 2. The lowest BCUT2D eigenvalue weighted by Crippen LogP contribution is -2.47. The Kier molecular flexibility index (Phi) is 5.00. The zero-order valence-electron chi connectivity index (χ0n) is 12.9. The van der Waals surface area contributed by atoms with E-state index in [9.17, 15) is 0 Å². The third kappa shape index (κ3) is 2.96. The molecule has 1 fully saturated rings. The van der Waals surface area contributed by atoms with Gasteiger partial charge in [0.1, 0.15) is 5.82 Å². The number of ether oxygens (including phenoxy) is 1. The molecule has 0 aliphatic heterocycles. The highest BCUT2D eigenvalue weighted by molar-refractivity contribution is 5.44. The standard InChI is InChI=1S/C16H27N3O/c1-4-18-14(13-10-12(2)11-19-15(13)17)16(20-3)8-6-5-7-9-16/h10-11,14,18H,4-9H2,1-3H3,(H2,17,19). The quantitative estimate of drug-likeness (QED) is 0.868. The number of methoxy groups -OCH3 is 1. The van der Waals surface area contributed by atoms with Crippen molar-refractivity contribution in [3.63, 3.8) is 0 Å². The van der Waals surface area contributed by atoms with Crippen molar-refractivity contribution >= 4 is 5.82 Å². The zero-order chi connectivity index (χ0) is 14.6. The Morgan fingerprint density at radius 2 is 2.10 bits per heavy atom. The molecule has 0 bridgehead atoms. The van der Waals surface area contributed by atoms with Gasteiger partial charge in [-0.2, -0.15) is 0 Å². The van der Waals surface area contributed by atoms with Crippen LogP contribution in [0, 0.1) is 6.92 Å². The van der Waals surface area contributed by atoms with E-state index in [4.69, 9.17) is 10.5 Å². The van der Waals surface area contributed by atoms with E-state index in [0.717, 1.165) is 30.5 Å². The van der Waals surface area contributed by atoms with Gasteiger partial charge in [0, 0.05) is 18.9 Å². The molecule has 1 atom stereocenters. The van der Waals surface area contributed by atoms with Crippen LogP contribution in [0.5, 0.6) is 0 Å². The van der Waals surface area contributed by atoms with Crippen molar-refractivity contribution in [1.82, 2.24) is 10.3 Å². The molecule has 1 aliphatic rings. The van der Waals surface area contributed by atoms with Gasteiger partial charge < -0.3 is 15.8 Å². The van der Waals surface area contributed by atoms with Crippen LogP contribution in [0.3, 0.4) is 0 Å². The van der Waals surface area contributed by atoms with Crippen molar-refractivity contribution in [2.24, 2.45) is 0 Å². The van der Waals surface area contributed by atoms with E-state index in [0.29, 0.717) is 5.82 Å². The first-order chi connectivity index (χ1) is 9.63. The van der Waals surface area contributed by atoms with Gasteiger partial charge in [0.2, 0.25) is 0 Å². The summed E-state index contributed by atoms with van der Waals surface area (Å²) in [6, 6.07) is 2.26. The highest BCUT2D eigenvalue weighted by Gasteiger charge is 2.41. The summed E-state index contributed by atoms with van der Waals surface area (Å²) in [5, 5.41) is 3.58. The number of likely N-dealkylation sites (N-methyl/N-ethyl adjacent to an activating group) is 1. The Balaban J connectivity index is 2.40. The smallest absolute Gasteiger partial charge is 0.128 e. The van der Waals surface area contributed by atoms with Crippen LogP contribution in [0.15, 0.2) is 12.3 Å². The Bertz CT molecular complexity index is 441. The summed E-state index contributed by atoms with van der Waals surface area (Å²) in [6.45, 7) is 5.07. The van der Waals surface area contributed by atoms with Crippen LogP contribution >= 0.6 is 0 Å². The van der Waals surface area contributed by atoms with Crippen LogP contribution in [0.25, 0.3) is 0 Å². The van der Waals surface area contributed by atoms with E-state index >= 15 is 0 Å². The maximum absolute atomic E-state index is 6.13. The van der Waals surface area contributed by atoms with E-state index in [-0.39, 0.29) is 11.6 Å². The molecule has 1 aromatic rings. The topological polar surface area (TPSA) is 60.2 Å². The molecule has 3 N–H and O–H groups in total. The number of aromatic nitrogens is 1. The molecule has 1 heterocycles. The fourth-order valence-corrected chi connectivity index (χ4v) is 3.38. The Morgan fingerprint density at radius 3 is 2.70 bits per heavy atom. The first kappa shape index (κ1) is 15.3. The van der Waals surface area contributed by atoms with Gasteiger partial charge in [-0.1, -0.05) is 26.2 Å². The molecule has 4 heteroatoms. The second-order valence-corrected chi connectivity index (χ2v) is 5.81. The van der Waals surface area contributed by atoms with E-state index in [2.05, 4.69) is 30.2 Å². The molecule has 0 amide bonds. The number of nitrogen functional groups attached to an aromatic ring is 1. The number of nitrogens with one attached hydrogen (secondary N) is 1. The summed E-state index contributed by atoms with van der Waals surface area (Å²) in [4.78, 5) is 4.32. The number of aryl methyl sites for hydroxylation is 1. The molecule has 1 aliphatic carbocycles. The highest BCUT2D eigenvalue weighted by Crippen LogP contribution is 2.42. The fourth-order valence-electron chi connectivity index (χ4n) is 3.38. The van der Waals surface area contributed by atoms with Crippen molar-refractivity contribution in [3.05, 3.63) is 23.4 Å². The number of anilines is 1. The van der Waals surface area contributed by atoms with E-state index in [1.807, 2.05) is 13.3 Å². The molecule has 0 radical (unpaired) electrons. The maximum atomic E-state index is 6.13. The molecule has 112 valence electrons. The van der Waals surface area contributed by atoms with Gasteiger partial charge in [-0.25, -0.2) is 4.98 Å². The minimum atomic E-state index is -0.155. The van der Waals surface area contributed by atoms with Crippen molar-refractivity contribution < 1.29 is 4.74 Å². The lowest BCUT2D eigenvalue weighted by atomic mass is 9.76. The molecular formula is C16H27N3O. The van der Waals surface area contributed by atoms with Gasteiger partial charge in [-0.15, -0.1) is 0 Å². The lowest BCUT2D eigenvalue weighted by molar-refractivity contribution is -0.0683. The summed E-state index contributed by atoms with van der Waals surface area (Å²) in [5.41, 5.74) is 8.20. The Morgan fingerprint density at radius 1 is 1.40 bits per heavy atom. The van der Waals surface area contributed by atoms with Crippen LogP contribution in [0.2, 0.25) is 0 Å². The zero-order valence-corrected chi connectivity index (χ0v) is 12.9. The average Bonchev–Trinajstić information content (AvgIpc) is 2.48. The van der Waals surface area contributed by atoms with Crippen LogP contribution in [-0.2, 0) is 4.74 Å². The SMILES string of the molecule is CCNC(c1cc(C)cnc1N)C1(OC)CCCCC1. The monoisotopic (exact) mass is 277 g/mol. The molecule has 1 unspecified atom stereocenters. The third-order valence-corrected chi connectivity index (χ3v) is 4.44. The number of pyridine rings is 1. The average molecular weight is 277 g/mol. The van der Waals surface area contributed by atoms with Crippen LogP contribution in [0.4, 0.5) is 5.82 Å². The van der Waals surface area contributed by atoms with Gasteiger partial charge in [0.25, 0.3) is 0 Å². The van der Waals surface area contributed by atoms with Crippen molar-refractivity contribution in [3.8, 4) is 0 Å². The molecule has 20 heavy (non-hydrogen) atoms. The Labute approximate surface area is 122 Å². The molecule has 0 spiro atoms.